The second-order valence-corrected chi connectivity index (χ2v) is 16.4. The van der Waals surface area contributed by atoms with Crippen molar-refractivity contribution >= 4 is 35.8 Å². The lowest BCUT2D eigenvalue weighted by atomic mass is 10.1. The predicted octanol–water partition coefficient (Wildman–Crippen LogP) is 9.33. The molecule has 0 bridgehead atoms. The van der Waals surface area contributed by atoms with Crippen LogP contribution in [0.5, 0.6) is 0 Å². The lowest BCUT2D eigenvalue weighted by molar-refractivity contribution is -0.652. The van der Waals surface area contributed by atoms with E-state index in [0.717, 1.165) is 128 Å². The van der Waals surface area contributed by atoms with Crippen LogP contribution in [0.3, 0.4) is 0 Å². The van der Waals surface area contributed by atoms with Crippen molar-refractivity contribution in [2.45, 2.75) is 233 Å². The first-order chi connectivity index (χ1) is 29.6. The van der Waals surface area contributed by atoms with E-state index in [0.29, 0.717) is 13.1 Å². The van der Waals surface area contributed by atoms with Gasteiger partial charge in [0.15, 0.2) is 12.2 Å². The molecule has 0 amide bonds. The summed E-state index contributed by atoms with van der Waals surface area (Å²) in [5.74, 6) is -2.61. The van der Waals surface area contributed by atoms with E-state index < -0.39 is 24.1 Å². The van der Waals surface area contributed by atoms with Crippen molar-refractivity contribution in [1.82, 2.24) is 0 Å². The molecule has 0 saturated heterocycles. The molecule has 2 N–H and O–H groups in total. The molecule has 0 aromatic heterocycles. The molecule has 61 heavy (non-hydrogen) atoms. The Morgan fingerprint density at radius 1 is 0.311 bits per heavy atom. The van der Waals surface area contributed by atoms with Gasteiger partial charge < -0.3 is 33.7 Å². The molecule has 13 nitrogen and oxygen atoms in total. The Kier molecular flexibility index (Phi) is 41.1. The van der Waals surface area contributed by atoms with Crippen molar-refractivity contribution in [2.75, 3.05) is 39.5 Å². The fourth-order valence-electron chi connectivity index (χ4n) is 6.54. The van der Waals surface area contributed by atoms with Gasteiger partial charge in [-0.25, -0.2) is 0 Å². The molecule has 13 heteroatoms. The number of rotatable bonds is 44. The van der Waals surface area contributed by atoms with Gasteiger partial charge in [0.2, 0.25) is 0 Å². The van der Waals surface area contributed by atoms with Gasteiger partial charge in [-0.1, -0.05) is 156 Å². The fraction of sp³-hybridized carbons (Fsp3) is 0.875. The summed E-state index contributed by atoms with van der Waals surface area (Å²) < 4.78 is 32.8. The van der Waals surface area contributed by atoms with Gasteiger partial charge >= 0.3 is 35.8 Å². The first-order valence-electron chi connectivity index (χ1n) is 24.5. The minimum Gasteiger partial charge on any atom is -0.462 e. The average Bonchev–Trinajstić information content (AvgIpc) is 3.24. The maximum atomic E-state index is 12.8. The quantitative estimate of drug-likeness (QED) is 0.0350. The Hall–Kier alpha value is -3.22. The molecule has 0 rings (SSSR count). The van der Waals surface area contributed by atoms with E-state index >= 15 is 0 Å². The van der Waals surface area contributed by atoms with Gasteiger partial charge in [-0.05, 0) is 25.7 Å². The SMILES string of the molecule is CCCCCCCCC(=O)OCC(COC(=O)CCCCCCCC)OC(=O)CC[NH2+]CCC(=O)OC(COC(=O)CCCCCCCC)COC(=O)CCCCCCCC. The highest BCUT2D eigenvalue weighted by Gasteiger charge is 2.22. The Morgan fingerprint density at radius 2 is 0.541 bits per heavy atom. The first-order valence-corrected chi connectivity index (χ1v) is 24.5. The maximum Gasteiger partial charge on any atom is 0.312 e. The van der Waals surface area contributed by atoms with Gasteiger partial charge in [0.05, 0.1) is 25.9 Å². The van der Waals surface area contributed by atoms with Crippen LogP contribution in [0.25, 0.3) is 0 Å². The van der Waals surface area contributed by atoms with Crippen LogP contribution in [-0.2, 0) is 57.2 Å². The topological polar surface area (TPSA) is 174 Å². The van der Waals surface area contributed by atoms with Crippen molar-refractivity contribution in [3.05, 3.63) is 0 Å². The van der Waals surface area contributed by atoms with Crippen molar-refractivity contribution < 1.29 is 62.5 Å². The van der Waals surface area contributed by atoms with E-state index in [9.17, 15) is 28.8 Å². The third-order valence-corrected chi connectivity index (χ3v) is 10.4. The molecule has 0 aliphatic rings. The van der Waals surface area contributed by atoms with Crippen LogP contribution in [-0.4, -0.2) is 87.5 Å². The molecule has 0 aromatic carbocycles. The Labute approximate surface area is 369 Å². The van der Waals surface area contributed by atoms with Gasteiger partial charge in [-0.15, -0.1) is 0 Å². The fourth-order valence-corrected chi connectivity index (χ4v) is 6.54. The van der Waals surface area contributed by atoms with Gasteiger partial charge in [0.1, 0.15) is 26.4 Å². The van der Waals surface area contributed by atoms with Crippen molar-refractivity contribution in [2.24, 2.45) is 0 Å². The van der Waals surface area contributed by atoms with E-state index in [1.165, 1.54) is 25.7 Å². The van der Waals surface area contributed by atoms with E-state index in [-0.39, 0.29) is 88.8 Å². The predicted molar refractivity (Wildman–Crippen MR) is 236 cm³/mol. The lowest BCUT2D eigenvalue weighted by Gasteiger charge is -2.18. The van der Waals surface area contributed by atoms with Crippen LogP contribution in [0, 0.1) is 0 Å². The van der Waals surface area contributed by atoms with Gasteiger partial charge in [0.25, 0.3) is 0 Å². The summed E-state index contributed by atoms with van der Waals surface area (Å²) >= 11 is 0. The monoisotopic (exact) mass is 871 g/mol. The van der Waals surface area contributed by atoms with Crippen molar-refractivity contribution in [3.8, 4) is 0 Å². The van der Waals surface area contributed by atoms with E-state index in [2.05, 4.69) is 27.7 Å². The van der Waals surface area contributed by atoms with Crippen LogP contribution in [0.1, 0.15) is 220 Å². The molecule has 0 atom stereocenters. The second kappa shape index (κ2) is 43.4. The van der Waals surface area contributed by atoms with E-state index in [1.54, 1.807) is 5.32 Å². The van der Waals surface area contributed by atoms with Gasteiger partial charge in [0, 0.05) is 25.7 Å². The van der Waals surface area contributed by atoms with Crippen LogP contribution < -0.4 is 5.32 Å². The largest absolute Gasteiger partial charge is 0.462 e. The lowest BCUT2D eigenvalue weighted by Crippen LogP contribution is -2.84. The van der Waals surface area contributed by atoms with Crippen molar-refractivity contribution in [1.29, 1.82) is 0 Å². The summed E-state index contributed by atoms with van der Waals surface area (Å²) in [6, 6.07) is 0. The highest BCUT2D eigenvalue weighted by Crippen LogP contribution is 2.12. The minimum absolute atomic E-state index is 0.00863. The second-order valence-electron chi connectivity index (χ2n) is 16.4. The van der Waals surface area contributed by atoms with Gasteiger partial charge in [-0.2, -0.15) is 0 Å². The Morgan fingerprint density at radius 3 is 0.787 bits per heavy atom. The zero-order chi connectivity index (χ0) is 45.0. The Bertz CT molecular complexity index is 968. The summed E-state index contributed by atoms with van der Waals surface area (Å²) in [5, 5.41) is 1.77. The number of nitrogens with two attached hydrogens (primary N) is 1. The zero-order valence-electron chi connectivity index (χ0n) is 39.1. The number of esters is 6. The van der Waals surface area contributed by atoms with Crippen LogP contribution >= 0.6 is 0 Å². The van der Waals surface area contributed by atoms with E-state index in [4.69, 9.17) is 28.4 Å². The molecule has 356 valence electrons. The summed E-state index contributed by atoms with van der Waals surface area (Å²) in [7, 11) is 0. The number of carbonyl (C=O) groups excluding carboxylic acids is 6. The molecule has 0 unspecified atom stereocenters. The molecule has 0 aromatic rings. The number of ether oxygens (including phenoxy) is 6. The van der Waals surface area contributed by atoms with Crippen LogP contribution in [0.4, 0.5) is 0 Å². The first kappa shape index (κ1) is 57.8. The molecular weight excluding hydrogens is 783 g/mol. The summed E-state index contributed by atoms with van der Waals surface area (Å²) in [4.78, 5) is 75.2. The number of unbranched alkanes of at least 4 members (excludes halogenated alkanes) is 20. The maximum absolute atomic E-state index is 12.8. The number of carbonyl (C=O) groups is 6. The molecule has 0 aliphatic heterocycles. The molecular formula is C48H88NO12+. The Balaban J connectivity index is 4.91. The molecule has 0 saturated carbocycles. The molecule has 0 radical (unpaired) electrons. The third-order valence-electron chi connectivity index (χ3n) is 10.4. The average molecular weight is 871 g/mol. The number of quaternary nitrogens is 1. The highest BCUT2D eigenvalue weighted by molar-refractivity contribution is 5.72. The zero-order valence-corrected chi connectivity index (χ0v) is 39.1. The molecule has 0 heterocycles. The molecule has 0 fully saturated rings. The van der Waals surface area contributed by atoms with Crippen LogP contribution in [0.2, 0.25) is 0 Å². The summed E-state index contributed by atoms with van der Waals surface area (Å²) in [5.41, 5.74) is 0. The highest BCUT2D eigenvalue weighted by atomic mass is 16.6. The molecule has 0 spiro atoms. The number of hydrogen-bond donors (Lipinski definition) is 1. The third kappa shape index (κ3) is 40.6. The molecule has 0 aliphatic carbocycles. The van der Waals surface area contributed by atoms with Crippen LogP contribution in [0.15, 0.2) is 0 Å². The van der Waals surface area contributed by atoms with Crippen molar-refractivity contribution in [3.63, 3.8) is 0 Å². The number of hydrogen-bond acceptors (Lipinski definition) is 12. The van der Waals surface area contributed by atoms with Gasteiger partial charge in [-0.3, -0.25) is 28.8 Å². The minimum atomic E-state index is -0.929. The normalized spacial score (nSPS) is 11.1. The smallest absolute Gasteiger partial charge is 0.312 e. The standard InChI is InChI=1S/C48H87NO12/c1-5-9-13-17-21-25-29-43(50)56-37-41(38-57-44(51)30-26-22-18-14-10-6-2)60-47(54)33-35-49-36-34-48(55)61-42(39-58-45(52)31-27-23-19-15-11-7-3)40-59-46(53)32-28-24-20-16-12-8-4/h41-42,49H,5-40H2,1-4H3/p+1. The summed E-state index contributed by atoms with van der Waals surface area (Å²) in [6.07, 6.45) is 24.1. The summed E-state index contributed by atoms with van der Waals surface area (Å²) in [6.45, 7) is 8.42. The van der Waals surface area contributed by atoms with E-state index in [1.807, 2.05) is 0 Å².